The Balaban J connectivity index is 1.27. The van der Waals surface area contributed by atoms with Crippen LogP contribution in [0.2, 0.25) is 0 Å². The Kier molecular flexibility index (Phi) is 7.48. The van der Waals surface area contributed by atoms with Gasteiger partial charge in [0, 0.05) is 50.3 Å². The topological polar surface area (TPSA) is 115 Å². The first kappa shape index (κ1) is 23.4. The van der Waals surface area contributed by atoms with Crippen molar-refractivity contribution in [2.75, 3.05) is 33.3 Å². The fraction of sp³-hybridized carbons (Fsp3) is 0.375. The highest BCUT2D eigenvalue weighted by atomic mass is 16.6. The van der Waals surface area contributed by atoms with Gasteiger partial charge in [0.25, 0.3) is 5.69 Å². The summed E-state index contributed by atoms with van der Waals surface area (Å²) in [5, 5.41) is 14.8. The molecule has 1 amide bonds. The Labute approximate surface area is 197 Å². The van der Waals surface area contributed by atoms with Gasteiger partial charge in [-0.15, -0.1) is 0 Å². The molecule has 0 spiro atoms. The molecule has 1 aromatic heterocycles. The lowest BCUT2D eigenvalue weighted by atomic mass is 10.1. The van der Waals surface area contributed by atoms with Gasteiger partial charge in [-0.1, -0.05) is 17.3 Å². The number of methoxy groups -OCH3 is 1. The molecule has 0 N–H and O–H groups in total. The minimum atomic E-state index is -0.447. The number of nitrogens with zero attached hydrogens (tertiary/aromatic N) is 5. The summed E-state index contributed by atoms with van der Waals surface area (Å²) in [5.74, 6) is 1.85. The normalized spacial score (nSPS) is 14.6. The monoisotopic (exact) mass is 465 g/mol. The molecular formula is C24H27N5O5. The van der Waals surface area contributed by atoms with Crippen LogP contribution in [0.5, 0.6) is 5.75 Å². The van der Waals surface area contributed by atoms with E-state index in [2.05, 4.69) is 15.0 Å². The lowest BCUT2D eigenvalue weighted by Gasteiger charge is -2.21. The molecular weight excluding hydrogens is 438 g/mol. The number of carbonyl (C=O) groups is 1. The van der Waals surface area contributed by atoms with E-state index in [0.29, 0.717) is 43.2 Å². The minimum absolute atomic E-state index is 0.0140. The number of aromatic nitrogens is 2. The average molecular weight is 466 g/mol. The number of rotatable bonds is 8. The zero-order valence-corrected chi connectivity index (χ0v) is 19.1. The Morgan fingerprint density at radius 3 is 2.56 bits per heavy atom. The molecule has 10 heteroatoms. The van der Waals surface area contributed by atoms with Crippen LogP contribution in [-0.4, -0.2) is 64.1 Å². The first-order valence-electron chi connectivity index (χ1n) is 11.2. The number of hydrogen-bond donors (Lipinski definition) is 0. The predicted octanol–water partition coefficient (Wildman–Crippen LogP) is 3.32. The van der Waals surface area contributed by atoms with Crippen molar-refractivity contribution >= 4 is 11.6 Å². The van der Waals surface area contributed by atoms with Gasteiger partial charge < -0.3 is 14.2 Å². The molecule has 1 aliphatic heterocycles. The summed E-state index contributed by atoms with van der Waals surface area (Å²) in [6, 6.07) is 13.8. The quantitative estimate of drug-likeness (QED) is 0.368. The molecule has 1 aliphatic rings. The van der Waals surface area contributed by atoms with Crippen LogP contribution in [0.4, 0.5) is 5.69 Å². The number of aryl methyl sites for hydroxylation is 1. The van der Waals surface area contributed by atoms with E-state index in [1.807, 2.05) is 29.2 Å². The highest BCUT2D eigenvalue weighted by molar-refractivity contribution is 5.76. The Bertz CT molecular complexity index is 1110. The molecule has 0 bridgehead atoms. The molecule has 3 aromatic rings. The molecule has 1 fully saturated rings. The fourth-order valence-corrected chi connectivity index (χ4v) is 3.94. The molecule has 1 saturated heterocycles. The van der Waals surface area contributed by atoms with Gasteiger partial charge in [0.1, 0.15) is 5.75 Å². The second kappa shape index (κ2) is 10.9. The van der Waals surface area contributed by atoms with Crippen molar-refractivity contribution in [2.24, 2.45) is 0 Å². The van der Waals surface area contributed by atoms with Gasteiger partial charge in [-0.2, -0.15) is 4.98 Å². The van der Waals surface area contributed by atoms with E-state index < -0.39 is 4.92 Å². The molecule has 34 heavy (non-hydrogen) atoms. The van der Waals surface area contributed by atoms with Crippen LogP contribution in [0.1, 0.15) is 24.3 Å². The van der Waals surface area contributed by atoms with Gasteiger partial charge in [0.05, 0.1) is 18.6 Å². The number of nitro benzene ring substituents is 1. The minimum Gasteiger partial charge on any atom is -0.497 e. The summed E-state index contributed by atoms with van der Waals surface area (Å²) in [4.78, 5) is 31.7. The van der Waals surface area contributed by atoms with Gasteiger partial charge in [-0.3, -0.25) is 19.8 Å². The zero-order chi connectivity index (χ0) is 23.9. The third-order valence-electron chi connectivity index (χ3n) is 5.89. The van der Waals surface area contributed by atoms with E-state index in [9.17, 15) is 14.9 Å². The largest absolute Gasteiger partial charge is 0.497 e. The molecule has 178 valence electrons. The molecule has 0 atom stereocenters. The molecule has 4 rings (SSSR count). The van der Waals surface area contributed by atoms with Crippen LogP contribution in [0.15, 0.2) is 53.1 Å². The maximum Gasteiger partial charge on any atom is 0.269 e. The third kappa shape index (κ3) is 5.96. The van der Waals surface area contributed by atoms with Crippen LogP contribution in [0.25, 0.3) is 11.4 Å². The smallest absolute Gasteiger partial charge is 0.269 e. The molecule has 0 aliphatic carbocycles. The van der Waals surface area contributed by atoms with Crippen molar-refractivity contribution in [2.45, 2.75) is 25.8 Å². The summed E-state index contributed by atoms with van der Waals surface area (Å²) in [5.41, 5.74) is 1.79. The van der Waals surface area contributed by atoms with Crippen LogP contribution in [0, 0.1) is 10.1 Å². The van der Waals surface area contributed by atoms with Gasteiger partial charge in [0.15, 0.2) is 0 Å². The molecule has 0 unspecified atom stereocenters. The Morgan fingerprint density at radius 2 is 1.85 bits per heavy atom. The number of amides is 1. The summed E-state index contributed by atoms with van der Waals surface area (Å²) < 4.78 is 10.6. The van der Waals surface area contributed by atoms with E-state index in [0.717, 1.165) is 37.4 Å². The van der Waals surface area contributed by atoms with E-state index in [4.69, 9.17) is 9.26 Å². The van der Waals surface area contributed by atoms with E-state index in [1.165, 1.54) is 12.1 Å². The van der Waals surface area contributed by atoms with E-state index >= 15 is 0 Å². The van der Waals surface area contributed by atoms with E-state index in [1.54, 1.807) is 19.2 Å². The van der Waals surface area contributed by atoms with Crippen molar-refractivity contribution in [3.05, 3.63) is 70.1 Å². The number of hydrogen-bond acceptors (Lipinski definition) is 8. The van der Waals surface area contributed by atoms with Crippen molar-refractivity contribution in [1.82, 2.24) is 19.9 Å². The Hall–Kier alpha value is -3.79. The lowest BCUT2D eigenvalue weighted by Crippen LogP contribution is -2.35. The number of ether oxygens (including phenoxy) is 1. The number of nitro groups is 1. The number of non-ortho nitro benzene ring substituents is 1. The SMILES string of the molecule is COc1ccc(CCC(=O)N2CCCN(Cc3nc(-c4ccc([N+](=O)[O-])cc4)no3)CC2)cc1. The van der Waals surface area contributed by atoms with Crippen LogP contribution in [0.3, 0.4) is 0 Å². The fourth-order valence-electron chi connectivity index (χ4n) is 3.94. The number of carbonyl (C=O) groups excluding carboxylic acids is 1. The zero-order valence-electron chi connectivity index (χ0n) is 19.1. The summed E-state index contributed by atoms with van der Waals surface area (Å²) in [6.45, 7) is 3.44. The molecule has 2 aromatic carbocycles. The van der Waals surface area contributed by atoms with E-state index in [-0.39, 0.29) is 11.6 Å². The van der Waals surface area contributed by atoms with Crippen LogP contribution >= 0.6 is 0 Å². The molecule has 0 radical (unpaired) electrons. The third-order valence-corrected chi connectivity index (χ3v) is 5.89. The van der Waals surface area contributed by atoms with Gasteiger partial charge >= 0.3 is 0 Å². The average Bonchev–Trinajstić information content (AvgIpc) is 3.20. The first-order chi connectivity index (χ1) is 16.5. The van der Waals surface area contributed by atoms with Crippen molar-refractivity contribution in [3.63, 3.8) is 0 Å². The van der Waals surface area contributed by atoms with Gasteiger partial charge in [-0.25, -0.2) is 0 Å². The maximum absolute atomic E-state index is 12.7. The Morgan fingerprint density at radius 1 is 1.09 bits per heavy atom. The second-order valence-corrected chi connectivity index (χ2v) is 8.17. The number of benzene rings is 2. The standard InChI is InChI=1S/C24H27N5O5/c1-33-21-10-3-18(4-11-21)5-12-23(30)28-14-2-13-27(15-16-28)17-22-25-24(26-34-22)19-6-8-20(9-7-19)29(31)32/h3-4,6-11H,2,5,12-17H2,1H3. The van der Waals surface area contributed by atoms with Crippen molar-refractivity contribution < 1.29 is 19.0 Å². The molecule has 2 heterocycles. The van der Waals surface area contributed by atoms with Crippen LogP contribution < -0.4 is 4.74 Å². The molecule has 0 saturated carbocycles. The summed E-state index contributed by atoms with van der Waals surface area (Å²) >= 11 is 0. The highest BCUT2D eigenvalue weighted by Crippen LogP contribution is 2.20. The predicted molar refractivity (Wildman–Crippen MR) is 124 cm³/mol. The maximum atomic E-state index is 12.7. The van der Waals surface area contributed by atoms with Gasteiger partial charge in [0.2, 0.25) is 17.6 Å². The van der Waals surface area contributed by atoms with Crippen LogP contribution in [-0.2, 0) is 17.8 Å². The van der Waals surface area contributed by atoms with Crippen molar-refractivity contribution in [3.8, 4) is 17.1 Å². The molecule has 10 nitrogen and oxygen atoms in total. The first-order valence-corrected chi connectivity index (χ1v) is 11.2. The second-order valence-electron chi connectivity index (χ2n) is 8.17. The summed E-state index contributed by atoms with van der Waals surface area (Å²) in [6.07, 6.45) is 2.06. The summed E-state index contributed by atoms with van der Waals surface area (Å²) in [7, 11) is 1.64. The highest BCUT2D eigenvalue weighted by Gasteiger charge is 2.21. The lowest BCUT2D eigenvalue weighted by molar-refractivity contribution is -0.384. The van der Waals surface area contributed by atoms with Gasteiger partial charge in [-0.05, 0) is 42.7 Å². The van der Waals surface area contributed by atoms with Crippen molar-refractivity contribution in [1.29, 1.82) is 0 Å².